The molecule has 2 aromatic rings. The summed E-state index contributed by atoms with van der Waals surface area (Å²) in [5.41, 5.74) is 1.03. The first-order valence-electron chi connectivity index (χ1n) is 8.32. The average Bonchev–Trinajstić information content (AvgIpc) is 2.60. The van der Waals surface area contributed by atoms with Gasteiger partial charge in [-0.15, -0.1) is 0 Å². The molecular formula is C19H22N2O4. The largest absolute Gasteiger partial charge is 0.497 e. The van der Waals surface area contributed by atoms with Crippen LogP contribution in [0.15, 0.2) is 24.3 Å². The quantitative estimate of drug-likeness (QED) is 0.928. The Morgan fingerprint density at radius 3 is 2.76 bits per heavy atom. The van der Waals surface area contributed by atoms with E-state index in [2.05, 4.69) is 4.98 Å². The molecule has 1 aliphatic rings. The highest BCUT2D eigenvalue weighted by molar-refractivity contribution is 5.99. The second-order valence-electron chi connectivity index (χ2n) is 6.88. The third-order valence-corrected chi connectivity index (χ3v) is 4.95. The first-order chi connectivity index (χ1) is 11.8. The maximum atomic E-state index is 13.0. The maximum absolute atomic E-state index is 13.0. The van der Waals surface area contributed by atoms with Crippen LogP contribution in [0.5, 0.6) is 5.75 Å². The van der Waals surface area contributed by atoms with Crippen LogP contribution < -0.4 is 4.74 Å². The zero-order chi connectivity index (χ0) is 18.2. The Balaban J connectivity index is 1.94. The zero-order valence-electron chi connectivity index (χ0n) is 14.7. The van der Waals surface area contributed by atoms with Crippen molar-refractivity contribution in [1.29, 1.82) is 0 Å². The molecule has 1 aromatic carbocycles. The minimum atomic E-state index is -0.889. The van der Waals surface area contributed by atoms with E-state index >= 15 is 0 Å². The van der Waals surface area contributed by atoms with E-state index in [0.29, 0.717) is 36.4 Å². The molecule has 132 valence electrons. The number of methoxy groups -OCH3 is 1. The van der Waals surface area contributed by atoms with Crippen molar-refractivity contribution in [3.63, 3.8) is 0 Å². The zero-order valence-corrected chi connectivity index (χ0v) is 14.7. The van der Waals surface area contributed by atoms with Crippen LogP contribution in [0.1, 0.15) is 35.8 Å². The van der Waals surface area contributed by atoms with E-state index in [1.807, 2.05) is 24.3 Å². The summed E-state index contributed by atoms with van der Waals surface area (Å²) in [5, 5.41) is 10.3. The molecule has 1 N–H and O–H groups in total. The number of aliphatic carboxylic acids is 1. The number of pyridine rings is 1. The van der Waals surface area contributed by atoms with E-state index in [1.54, 1.807) is 25.9 Å². The first-order valence-corrected chi connectivity index (χ1v) is 8.32. The predicted molar refractivity (Wildman–Crippen MR) is 93.9 cm³/mol. The molecule has 25 heavy (non-hydrogen) atoms. The second-order valence-corrected chi connectivity index (χ2v) is 6.88. The van der Waals surface area contributed by atoms with Crippen LogP contribution in [0.3, 0.4) is 0 Å². The number of amides is 1. The summed E-state index contributed by atoms with van der Waals surface area (Å²) >= 11 is 0. The minimum Gasteiger partial charge on any atom is -0.497 e. The number of ether oxygens (including phenoxy) is 1. The molecule has 6 heteroatoms. The van der Waals surface area contributed by atoms with Gasteiger partial charge >= 0.3 is 5.97 Å². The molecule has 0 bridgehead atoms. The third kappa shape index (κ3) is 3.16. The van der Waals surface area contributed by atoms with Crippen molar-refractivity contribution in [2.24, 2.45) is 5.41 Å². The molecule has 1 atom stereocenters. The van der Waals surface area contributed by atoms with Gasteiger partial charge in [0.2, 0.25) is 0 Å². The van der Waals surface area contributed by atoms with Gasteiger partial charge in [-0.1, -0.05) is 0 Å². The third-order valence-electron chi connectivity index (χ3n) is 4.95. The summed E-state index contributed by atoms with van der Waals surface area (Å²) in [7, 11) is 1.60. The molecule has 0 aliphatic carbocycles. The Hall–Kier alpha value is -2.63. The molecule has 1 unspecified atom stereocenters. The number of piperidine rings is 1. The normalized spacial score (nSPS) is 20.5. The lowest BCUT2D eigenvalue weighted by Gasteiger charge is -2.37. The van der Waals surface area contributed by atoms with Crippen molar-refractivity contribution in [3.05, 3.63) is 35.5 Å². The van der Waals surface area contributed by atoms with E-state index < -0.39 is 11.4 Å². The van der Waals surface area contributed by atoms with E-state index in [1.165, 1.54) is 0 Å². The van der Waals surface area contributed by atoms with E-state index in [0.717, 1.165) is 10.9 Å². The molecule has 1 fully saturated rings. The van der Waals surface area contributed by atoms with Gasteiger partial charge in [0.15, 0.2) is 0 Å². The highest BCUT2D eigenvalue weighted by Crippen LogP contribution is 2.31. The van der Waals surface area contributed by atoms with Gasteiger partial charge < -0.3 is 14.7 Å². The Morgan fingerprint density at radius 1 is 1.32 bits per heavy atom. The summed E-state index contributed by atoms with van der Waals surface area (Å²) in [6.45, 7) is 4.29. The van der Waals surface area contributed by atoms with Gasteiger partial charge in [-0.05, 0) is 44.9 Å². The van der Waals surface area contributed by atoms with Crippen LogP contribution in [-0.4, -0.2) is 47.1 Å². The Kier molecular flexibility index (Phi) is 4.37. The van der Waals surface area contributed by atoms with Gasteiger partial charge in [0.25, 0.3) is 5.91 Å². The number of benzene rings is 1. The number of carbonyl (C=O) groups is 2. The van der Waals surface area contributed by atoms with Crippen molar-refractivity contribution in [3.8, 4) is 5.75 Å². The number of carboxylic acid groups (broad SMARTS) is 1. The second kappa shape index (κ2) is 6.35. The molecule has 1 aromatic heterocycles. The minimum absolute atomic E-state index is 0.158. The summed E-state index contributed by atoms with van der Waals surface area (Å²) < 4.78 is 5.21. The number of aromatic nitrogens is 1. The van der Waals surface area contributed by atoms with Crippen LogP contribution in [0.25, 0.3) is 10.9 Å². The molecule has 0 spiro atoms. The van der Waals surface area contributed by atoms with Gasteiger partial charge in [0.1, 0.15) is 5.75 Å². The van der Waals surface area contributed by atoms with Crippen molar-refractivity contribution in [1.82, 2.24) is 9.88 Å². The molecule has 2 heterocycles. The Labute approximate surface area is 146 Å². The first kappa shape index (κ1) is 17.2. The number of aryl methyl sites for hydroxylation is 1. The fourth-order valence-corrected chi connectivity index (χ4v) is 3.34. The van der Waals surface area contributed by atoms with E-state index in [9.17, 15) is 14.7 Å². The highest BCUT2D eigenvalue weighted by Gasteiger charge is 2.39. The van der Waals surface area contributed by atoms with Crippen molar-refractivity contribution in [2.75, 3.05) is 20.2 Å². The summed E-state index contributed by atoms with van der Waals surface area (Å²) in [5.74, 6) is -0.299. The van der Waals surface area contributed by atoms with Crippen LogP contribution >= 0.6 is 0 Å². The van der Waals surface area contributed by atoms with Crippen molar-refractivity contribution < 1.29 is 19.4 Å². The van der Waals surface area contributed by atoms with Crippen LogP contribution in [0.4, 0.5) is 0 Å². The van der Waals surface area contributed by atoms with E-state index in [-0.39, 0.29) is 12.5 Å². The molecule has 0 saturated carbocycles. The van der Waals surface area contributed by atoms with E-state index in [4.69, 9.17) is 4.74 Å². The Morgan fingerprint density at radius 2 is 2.08 bits per heavy atom. The number of likely N-dealkylation sites (tertiary alicyclic amines) is 1. The molecule has 1 aliphatic heterocycles. The van der Waals surface area contributed by atoms with Crippen LogP contribution in [0, 0.1) is 12.3 Å². The lowest BCUT2D eigenvalue weighted by atomic mass is 9.82. The topological polar surface area (TPSA) is 79.7 Å². The number of fused-ring (bicyclic) bond motifs is 1. The van der Waals surface area contributed by atoms with Gasteiger partial charge in [0.05, 0.1) is 29.3 Å². The number of nitrogens with zero attached hydrogens (tertiary/aromatic N) is 2. The molecular weight excluding hydrogens is 320 g/mol. The predicted octanol–water partition coefficient (Wildman–Crippen LogP) is 2.88. The summed E-state index contributed by atoms with van der Waals surface area (Å²) in [4.78, 5) is 30.7. The molecule has 1 amide bonds. The number of carboxylic acids is 1. The highest BCUT2D eigenvalue weighted by atomic mass is 16.5. The molecule has 0 radical (unpaired) electrons. The van der Waals surface area contributed by atoms with Gasteiger partial charge in [-0.3, -0.25) is 14.6 Å². The van der Waals surface area contributed by atoms with Crippen LogP contribution in [-0.2, 0) is 4.79 Å². The Bertz CT molecular complexity index is 849. The van der Waals surface area contributed by atoms with Crippen molar-refractivity contribution >= 4 is 22.8 Å². The van der Waals surface area contributed by atoms with Crippen LogP contribution in [0.2, 0.25) is 0 Å². The van der Waals surface area contributed by atoms with Gasteiger partial charge in [-0.25, -0.2) is 0 Å². The number of carbonyl (C=O) groups excluding carboxylic acids is 1. The molecule has 6 nitrogen and oxygen atoms in total. The fourth-order valence-electron chi connectivity index (χ4n) is 3.34. The SMILES string of the molecule is COc1ccc2cc(C(=O)N3CCCC(C)(C(=O)O)C3)c(C)nc2c1. The summed E-state index contributed by atoms with van der Waals surface area (Å²) in [6, 6.07) is 7.36. The standard InChI is InChI=1S/C19H22N2O4/c1-12-15(9-13-5-6-14(25-3)10-16(13)20-12)17(22)21-8-4-7-19(2,11-21)18(23)24/h5-6,9-10H,4,7-8,11H2,1-3H3,(H,23,24). The number of hydrogen-bond donors (Lipinski definition) is 1. The monoisotopic (exact) mass is 342 g/mol. The lowest BCUT2D eigenvalue weighted by Crippen LogP contribution is -2.48. The fraction of sp³-hybridized carbons (Fsp3) is 0.421. The molecule has 3 rings (SSSR count). The number of rotatable bonds is 3. The van der Waals surface area contributed by atoms with Gasteiger partial charge in [0, 0.05) is 24.5 Å². The van der Waals surface area contributed by atoms with Gasteiger partial charge in [-0.2, -0.15) is 0 Å². The molecule has 1 saturated heterocycles. The number of hydrogen-bond acceptors (Lipinski definition) is 4. The maximum Gasteiger partial charge on any atom is 0.311 e. The lowest BCUT2D eigenvalue weighted by molar-refractivity contribution is -0.150. The van der Waals surface area contributed by atoms with Crippen molar-refractivity contribution in [2.45, 2.75) is 26.7 Å². The smallest absolute Gasteiger partial charge is 0.311 e. The summed E-state index contributed by atoms with van der Waals surface area (Å²) in [6.07, 6.45) is 1.27. The average molecular weight is 342 g/mol.